The molecule has 0 saturated carbocycles. The zero-order chi connectivity index (χ0) is 10.6. The first kappa shape index (κ1) is 11.3. The molecule has 0 bridgehead atoms. The zero-order valence-corrected chi connectivity index (χ0v) is 9.93. The summed E-state index contributed by atoms with van der Waals surface area (Å²) in [5.41, 5.74) is 6.57. The van der Waals surface area contributed by atoms with Gasteiger partial charge in [0.1, 0.15) is 0 Å². The highest BCUT2D eigenvalue weighted by molar-refractivity contribution is 9.10. The fourth-order valence-corrected chi connectivity index (χ4v) is 1.82. The van der Waals surface area contributed by atoms with Crippen molar-refractivity contribution in [3.05, 3.63) is 22.2 Å². The maximum Gasteiger partial charge on any atom is 0.175 e. The van der Waals surface area contributed by atoms with Crippen molar-refractivity contribution in [3.63, 3.8) is 0 Å². The first-order valence-corrected chi connectivity index (χ1v) is 5.13. The van der Waals surface area contributed by atoms with E-state index in [-0.39, 0.29) is 0 Å². The number of rotatable bonds is 4. The van der Waals surface area contributed by atoms with Crippen LogP contribution in [0.15, 0.2) is 16.6 Å². The highest BCUT2D eigenvalue weighted by Gasteiger charge is 2.12. The summed E-state index contributed by atoms with van der Waals surface area (Å²) in [5, 5.41) is 0. The van der Waals surface area contributed by atoms with Crippen LogP contribution in [0.1, 0.15) is 5.56 Å². The van der Waals surface area contributed by atoms with Crippen LogP contribution in [-0.4, -0.2) is 20.8 Å². The molecular formula is C10H14BrNO2. The lowest BCUT2D eigenvalue weighted by Crippen LogP contribution is -2.05. The van der Waals surface area contributed by atoms with Gasteiger partial charge in [-0.2, -0.15) is 0 Å². The lowest BCUT2D eigenvalue weighted by molar-refractivity contribution is 0.350. The lowest BCUT2D eigenvalue weighted by atomic mass is 10.1. The van der Waals surface area contributed by atoms with Crippen molar-refractivity contribution in [2.24, 2.45) is 5.73 Å². The van der Waals surface area contributed by atoms with Gasteiger partial charge in [0.15, 0.2) is 11.5 Å². The zero-order valence-electron chi connectivity index (χ0n) is 8.34. The molecule has 0 aliphatic carbocycles. The number of halogens is 1. The minimum Gasteiger partial charge on any atom is -0.493 e. The van der Waals surface area contributed by atoms with Crippen molar-refractivity contribution in [1.82, 2.24) is 0 Å². The van der Waals surface area contributed by atoms with Crippen molar-refractivity contribution >= 4 is 15.9 Å². The molecule has 1 rings (SSSR count). The third-order valence-electron chi connectivity index (χ3n) is 1.97. The van der Waals surface area contributed by atoms with Crippen molar-refractivity contribution in [3.8, 4) is 11.5 Å². The van der Waals surface area contributed by atoms with Crippen LogP contribution in [0.3, 0.4) is 0 Å². The predicted molar refractivity (Wildman–Crippen MR) is 60.0 cm³/mol. The second kappa shape index (κ2) is 5.22. The second-order valence-electron chi connectivity index (χ2n) is 2.81. The lowest BCUT2D eigenvalue weighted by Gasteiger charge is -2.13. The van der Waals surface area contributed by atoms with Crippen molar-refractivity contribution in [2.45, 2.75) is 6.42 Å². The van der Waals surface area contributed by atoms with Crippen LogP contribution in [0.5, 0.6) is 11.5 Å². The van der Waals surface area contributed by atoms with Gasteiger partial charge >= 0.3 is 0 Å². The van der Waals surface area contributed by atoms with Gasteiger partial charge in [0.05, 0.1) is 18.7 Å². The minimum absolute atomic E-state index is 0.598. The Bertz CT molecular complexity index is 315. The smallest absolute Gasteiger partial charge is 0.175 e. The highest BCUT2D eigenvalue weighted by atomic mass is 79.9. The van der Waals surface area contributed by atoms with Gasteiger partial charge in [-0.1, -0.05) is 6.07 Å². The van der Waals surface area contributed by atoms with Gasteiger partial charge in [-0.05, 0) is 40.5 Å². The molecule has 0 unspecified atom stereocenters. The maximum atomic E-state index is 5.51. The number of hydrogen-bond donors (Lipinski definition) is 1. The van der Waals surface area contributed by atoms with E-state index in [9.17, 15) is 0 Å². The number of ether oxygens (including phenoxy) is 2. The SMILES string of the molecule is COc1c(Br)ccc(CCN)c1OC. The molecular weight excluding hydrogens is 246 g/mol. The Kier molecular flexibility index (Phi) is 4.22. The monoisotopic (exact) mass is 259 g/mol. The first-order valence-electron chi connectivity index (χ1n) is 4.34. The fraction of sp³-hybridized carbons (Fsp3) is 0.400. The quantitative estimate of drug-likeness (QED) is 0.900. The van der Waals surface area contributed by atoms with Crippen LogP contribution in [0.4, 0.5) is 0 Å². The van der Waals surface area contributed by atoms with Crippen LogP contribution in [0.2, 0.25) is 0 Å². The standard InChI is InChI=1S/C10H14BrNO2/c1-13-9-7(5-6-12)3-4-8(11)10(9)14-2/h3-4H,5-6,12H2,1-2H3. The van der Waals surface area contributed by atoms with E-state index in [0.29, 0.717) is 6.54 Å². The molecule has 1 aromatic carbocycles. The summed E-state index contributed by atoms with van der Waals surface area (Å²) in [4.78, 5) is 0. The van der Waals surface area contributed by atoms with E-state index in [1.807, 2.05) is 12.1 Å². The summed E-state index contributed by atoms with van der Waals surface area (Å²) >= 11 is 3.40. The Hall–Kier alpha value is -0.740. The first-order chi connectivity index (χ1) is 6.74. The van der Waals surface area contributed by atoms with Gasteiger partial charge in [-0.3, -0.25) is 0 Å². The molecule has 0 radical (unpaired) electrons. The van der Waals surface area contributed by atoms with Crippen LogP contribution < -0.4 is 15.2 Å². The van der Waals surface area contributed by atoms with E-state index in [4.69, 9.17) is 15.2 Å². The highest BCUT2D eigenvalue weighted by Crippen LogP contribution is 2.37. The molecule has 0 spiro atoms. The predicted octanol–water partition coefficient (Wildman–Crippen LogP) is 1.97. The van der Waals surface area contributed by atoms with Gasteiger partial charge in [0.25, 0.3) is 0 Å². The van der Waals surface area contributed by atoms with E-state index < -0.39 is 0 Å². The number of nitrogens with two attached hydrogens (primary N) is 1. The third kappa shape index (κ3) is 2.19. The molecule has 0 atom stereocenters. The van der Waals surface area contributed by atoms with Crippen LogP contribution in [0.25, 0.3) is 0 Å². The Morgan fingerprint density at radius 2 is 1.86 bits per heavy atom. The average molecular weight is 260 g/mol. The third-order valence-corrected chi connectivity index (χ3v) is 2.59. The molecule has 0 fully saturated rings. The molecule has 0 saturated heterocycles. The van der Waals surface area contributed by atoms with Crippen LogP contribution >= 0.6 is 15.9 Å². The molecule has 0 heterocycles. The molecule has 3 nitrogen and oxygen atoms in total. The van der Waals surface area contributed by atoms with Gasteiger partial charge in [-0.25, -0.2) is 0 Å². The van der Waals surface area contributed by atoms with Crippen molar-refractivity contribution in [1.29, 1.82) is 0 Å². The Balaban J connectivity index is 3.18. The van der Waals surface area contributed by atoms with Crippen LogP contribution in [0, 0.1) is 0 Å². The Morgan fingerprint density at radius 3 is 2.36 bits per heavy atom. The van der Waals surface area contributed by atoms with E-state index in [1.54, 1.807) is 14.2 Å². The minimum atomic E-state index is 0.598. The van der Waals surface area contributed by atoms with E-state index in [1.165, 1.54) is 0 Å². The van der Waals surface area contributed by atoms with Crippen molar-refractivity contribution in [2.75, 3.05) is 20.8 Å². The van der Waals surface area contributed by atoms with Crippen molar-refractivity contribution < 1.29 is 9.47 Å². The summed E-state index contributed by atoms with van der Waals surface area (Å²) in [7, 11) is 3.25. The molecule has 2 N–H and O–H groups in total. The molecule has 0 amide bonds. The molecule has 0 aromatic heterocycles. The van der Waals surface area contributed by atoms with E-state index in [0.717, 1.165) is 28.0 Å². The summed E-state index contributed by atoms with van der Waals surface area (Å²) in [5.74, 6) is 1.48. The summed E-state index contributed by atoms with van der Waals surface area (Å²) in [6.45, 7) is 0.598. The van der Waals surface area contributed by atoms with Gasteiger partial charge < -0.3 is 15.2 Å². The maximum absolute atomic E-state index is 5.51. The molecule has 0 aliphatic heterocycles. The largest absolute Gasteiger partial charge is 0.493 e. The molecule has 14 heavy (non-hydrogen) atoms. The number of benzene rings is 1. The molecule has 0 aliphatic rings. The molecule has 4 heteroatoms. The van der Waals surface area contributed by atoms with Crippen LogP contribution in [-0.2, 0) is 6.42 Å². The summed E-state index contributed by atoms with van der Waals surface area (Å²) in [6, 6.07) is 3.92. The summed E-state index contributed by atoms with van der Waals surface area (Å²) in [6.07, 6.45) is 0.785. The summed E-state index contributed by atoms with van der Waals surface area (Å²) < 4.78 is 11.4. The topological polar surface area (TPSA) is 44.5 Å². The Labute approximate surface area is 92.3 Å². The normalized spacial score (nSPS) is 10.0. The number of hydrogen-bond acceptors (Lipinski definition) is 3. The van der Waals surface area contributed by atoms with Gasteiger partial charge in [0.2, 0.25) is 0 Å². The average Bonchev–Trinajstić information content (AvgIpc) is 2.20. The van der Waals surface area contributed by atoms with Gasteiger partial charge in [-0.15, -0.1) is 0 Å². The molecule has 1 aromatic rings. The molecule has 78 valence electrons. The second-order valence-corrected chi connectivity index (χ2v) is 3.67. The van der Waals surface area contributed by atoms with E-state index >= 15 is 0 Å². The van der Waals surface area contributed by atoms with Gasteiger partial charge in [0, 0.05) is 0 Å². The Morgan fingerprint density at radius 1 is 1.21 bits per heavy atom. The fourth-order valence-electron chi connectivity index (χ4n) is 1.35. The number of methoxy groups -OCH3 is 2. The van der Waals surface area contributed by atoms with E-state index in [2.05, 4.69) is 15.9 Å².